The van der Waals surface area contributed by atoms with Crippen LogP contribution in [0.2, 0.25) is 0 Å². The molecule has 0 amide bonds. The predicted octanol–water partition coefficient (Wildman–Crippen LogP) is 2.22. The molecule has 0 radical (unpaired) electrons. The van der Waals surface area contributed by atoms with E-state index in [4.69, 9.17) is 5.26 Å². The molecule has 122 valence electrons. The average molecular weight is 330 g/mol. The summed E-state index contributed by atoms with van der Waals surface area (Å²) in [5.74, 6) is 0.480. The fourth-order valence-electron chi connectivity index (χ4n) is 2.57. The quantitative estimate of drug-likeness (QED) is 0.616. The zero-order valence-corrected chi connectivity index (χ0v) is 13.5. The molecule has 0 aliphatic rings. The lowest BCUT2D eigenvalue weighted by atomic mass is 10.1. The number of aryl methyl sites for hydroxylation is 1. The lowest BCUT2D eigenvalue weighted by molar-refractivity contribution is 0.704. The summed E-state index contributed by atoms with van der Waals surface area (Å²) in [6.45, 7) is 0.530. The summed E-state index contributed by atoms with van der Waals surface area (Å²) in [7, 11) is 1.85. The maximum absolute atomic E-state index is 9.03. The summed E-state index contributed by atoms with van der Waals surface area (Å²) in [5.41, 5.74) is 3.16. The van der Waals surface area contributed by atoms with E-state index in [0.29, 0.717) is 18.1 Å². The molecule has 0 aliphatic carbocycles. The highest BCUT2D eigenvalue weighted by atomic mass is 15.3. The molecule has 1 aromatic carbocycles. The van der Waals surface area contributed by atoms with E-state index in [1.165, 1.54) is 0 Å². The van der Waals surface area contributed by atoms with Gasteiger partial charge in [-0.05, 0) is 17.7 Å². The SMILES string of the molecule is Cn1cc(Nc2ncc3cnn(Cc4cccc(C#N)c4)c3n2)cn1. The van der Waals surface area contributed by atoms with Crippen LogP contribution in [-0.2, 0) is 13.6 Å². The molecular weight excluding hydrogens is 316 g/mol. The van der Waals surface area contributed by atoms with Crippen LogP contribution in [0.1, 0.15) is 11.1 Å². The Hall–Kier alpha value is -3.73. The van der Waals surface area contributed by atoms with Crippen LogP contribution in [0.5, 0.6) is 0 Å². The smallest absolute Gasteiger partial charge is 0.229 e. The molecule has 0 saturated carbocycles. The molecular formula is C17H14N8. The minimum absolute atomic E-state index is 0.480. The summed E-state index contributed by atoms with van der Waals surface area (Å²) >= 11 is 0. The molecule has 0 aliphatic heterocycles. The van der Waals surface area contributed by atoms with Crippen LogP contribution in [0, 0.1) is 11.3 Å². The van der Waals surface area contributed by atoms with Crippen LogP contribution < -0.4 is 5.32 Å². The molecule has 8 heteroatoms. The van der Waals surface area contributed by atoms with Gasteiger partial charge in [-0.15, -0.1) is 0 Å². The molecule has 4 aromatic rings. The van der Waals surface area contributed by atoms with Crippen molar-refractivity contribution in [3.63, 3.8) is 0 Å². The Morgan fingerprint density at radius 3 is 2.92 bits per heavy atom. The van der Waals surface area contributed by atoms with Crippen LogP contribution in [0.3, 0.4) is 0 Å². The van der Waals surface area contributed by atoms with Crippen molar-refractivity contribution in [1.82, 2.24) is 29.5 Å². The minimum atomic E-state index is 0.480. The van der Waals surface area contributed by atoms with Gasteiger partial charge in [0.2, 0.25) is 5.95 Å². The van der Waals surface area contributed by atoms with E-state index >= 15 is 0 Å². The van der Waals surface area contributed by atoms with E-state index < -0.39 is 0 Å². The number of aromatic nitrogens is 6. The highest BCUT2D eigenvalue weighted by molar-refractivity contribution is 5.75. The first kappa shape index (κ1) is 14.8. The van der Waals surface area contributed by atoms with Crippen molar-refractivity contribution in [2.75, 3.05) is 5.32 Å². The summed E-state index contributed by atoms with van der Waals surface area (Å²) in [6.07, 6.45) is 7.02. The third-order valence-electron chi connectivity index (χ3n) is 3.73. The number of hydrogen-bond donors (Lipinski definition) is 1. The van der Waals surface area contributed by atoms with Gasteiger partial charge in [-0.2, -0.15) is 20.4 Å². The van der Waals surface area contributed by atoms with Crippen molar-refractivity contribution in [3.8, 4) is 6.07 Å². The molecule has 0 atom stereocenters. The van der Waals surface area contributed by atoms with Gasteiger partial charge in [0.15, 0.2) is 5.65 Å². The summed E-state index contributed by atoms with van der Waals surface area (Å²) in [4.78, 5) is 8.86. The Bertz CT molecular complexity index is 1090. The van der Waals surface area contributed by atoms with Crippen molar-refractivity contribution in [3.05, 3.63) is 60.2 Å². The highest BCUT2D eigenvalue weighted by Gasteiger charge is 2.08. The number of nitrogens with one attached hydrogen (secondary N) is 1. The second-order valence-corrected chi connectivity index (χ2v) is 5.61. The number of hydrogen-bond acceptors (Lipinski definition) is 6. The fraction of sp³-hybridized carbons (Fsp3) is 0.118. The topological polar surface area (TPSA) is 97.2 Å². The van der Waals surface area contributed by atoms with Gasteiger partial charge in [0.25, 0.3) is 0 Å². The Labute approximate surface area is 143 Å². The number of nitriles is 1. The number of fused-ring (bicyclic) bond motifs is 1. The molecule has 3 aromatic heterocycles. The summed E-state index contributed by atoms with van der Waals surface area (Å²) in [5, 5.41) is 21.5. The first-order valence-corrected chi connectivity index (χ1v) is 7.64. The maximum atomic E-state index is 9.03. The summed E-state index contributed by atoms with van der Waals surface area (Å²) in [6, 6.07) is 9.61. The third-order valence-corrected chi connectivity index (χ3v) is 3.73. The van der Waals surface area contributed by atoms with Crippen molar-refractivity contribution in [2.45, 2.75) is 6.54 Å². The van der Waals surface area contributed by atoms with Gasteiger partial charge < -0.3 is 5.32 Å². The summed E-state index contributed by atoms with van der Waals surface area (Å²) < 4.78 is 3.50. The van der Waals surface area contributed by atoms with Crippen molar-refractivity contribution in [2.24, 2.45) is 7.05 Å². The van der Waals surface area contributed by atoms with Gasteiger partial charge in [0, 0.05) is 19.4 Å². The minimum Gasteiger partial charge on any atom is -0.321 e. The molecule has 0 bridgehead atoms. The molecule has 25 heavy (non-hydrogen) atoms. The van der Waals surface area contributed by atoms with Gasteiger partial charge in [0.1, 0.15) is 0 Å². The standard InChI is InChI=1S/C17H14N8/c1-24-11-15(9-20-24)22-17-19-7-14-8-21-25(16(14)23-17)10-13-4-2-3-12(5-13)6-18/h2-5,7-9,11H,10H2,1H3,(H,19,22,23). The molecule has 8 nitrogen and oxygen atoms in total. The van der Waals surface area contributed by atoms with Crippen LogP contribution in [0.25, 0.3) is 11.0 Å². The predicted molar refractivity (Wildman–Crippen MR) is 92.1 cm³/mol. The van der Waals surface area contributed by atoms with Crippen molar-refractivity contribution >= 4 is 22.7 Å². The first-order chi connectivity index (χ1) is 12.2. The average Bonchev–Trinajstić information content (AvgIpc) is 3.21. The van der Waals surface area contributed by atoms with Crippen molar-refractivity contribution < 1.29 is 0 Å². The van der Waals surface area contributed by atoms with Gasteiger partial charge in [-0.1, -0.05) is 12.1 Å². The fourth-order valence-corrected chi connectivity index (χ4v) is 2.57. The molecule has 0 fully saturated rings. The van der Waals surface area contributed by atoms with Crippen LogP contribution in [0.15, 0.2) is 49.1 Å². The van der Waals surface area contributed by atoms with Gasteiger partial charge >= 0.3 is 0 Å². The molecule has 0 saturated heterocycles. The second-order valence-electron chi connectivity index (χ2n) is 5.61. The Balaban J connectivity index is 1.65. The number of nitrogens with zero attached hydrogens (tertiary/aromatic N) is 7. The third kappa shape index (κ3) is 3.03. The van der Waals surface area contributed by atoms with Crippen LogP contribution >= 0.6 is 0 Å². The van der Waals surface area contributed by atoms with E-state index in [-0.39, 0.29) is 0 Å². The molecule has 0 spiro atoms. The van der Waals surface area contributed by atoms with Crippen LogP contribution in [0.4, 0.5) is 11.6 Å². The van der Waals surface area contributed by atoms with E-state index in [9.17, 15) is 0 Å². The highest BCUT2D eigenvalue weighted by Crippen LogP contribution is 2.17. The maximum Gasteiger partial charge on any atom is 0.229 e. The largest absolute Gasteiger partial charge is 0.321 e. The van der Waals surface area contributed by atoms with Gasteiger partial charge in [0.05, 0.1) is 41.6 Å². The lowest BCUT2D eigenvalue weighted by Gasteiger charge is -2.05. The normalized spacial score (nSPS) is 10.7. The zero-order valence-electron chi connectivity index (χ0n) is 13.5. The van der Waals surface area contributed by atoms with E-state index in [1.54, 1.807) is 34.0 Å². The molecule has 0 unspecified atom stereocenters. The van der Waals surface area contributed by atoms with Gasteiger partial charge in [-0.25, -0.2) is 9.67 Å². The molecule has 1 N–H and O–H groups in total. The van der Waals surface area contributed by atoms with E-state index in [2.05, 4.69) is 31.6 Å². The number of anilines is 2. The Morgan fingerprint density at radius 1 is 1.20 bits per heavy atom. The monoisotopic (exact) mass is 330 g/mol. The zero-order chi connectivity index (χ0) is 17.2. The molecule has 3 heterocycles. The Kier molecular flexibility index (Phi) is 3.59. The van der Waals surface area contributed by atoms with Crippen LogP contribution in [-0.4, -0.2) is 29.5 Å². The number of benzene rings is 1. The first-order valence-electron chi connectivity index (χ1n) is 7.64. The van der Waals surface area contributed by atoms with Gasteiger partial charge in [-0.3, -0.25) is 4.68 Å². The lowest BCUT2D eigenvalue weighted by Crippen LogP contribution is -2.04. The Morgan fingerprint density at radius 2 is 2.12 bits per heavy atom. The van der Waals surface area contributed by atoms with E-state index in [0.717, 1.165) is 22.3 Å². The second kappa shape index (κ2) is 6.05. The molecule has 4 rings (SSSR count). The van der Waals surface area contributed by atoms with Crippen molar-refractivity contribution in [1.29, 1.82) is 5.26 Å². The van der Waals surface area contributed by atoms with E-state index in [1.807, 2.05) is 31.4 Å². The number of rotatable bonds is 4.